The summed E-state index contributed by atoms with van der Waals surface area (Å²) in [5, 5.41) is 0. The minimum Gasteiger partial charge on any atom is -0.312 e. The second-order valence-corrected chi connectivity index (χ2v) is 5.36. The molecule has 3 heterocycles. The third kappa shape index (κ3) is 1.78. The zero-order chi connectivity index (χ0) is 14.4. The summed E-state index contributed by atoms with van der Waals surface area (Å²) in [6.07, 6.45) is 2.56. The zero-order valence-electron chi connectivity index (χ0n) is 11.5. The molecule has 3 rings (SSSR count). The van der Waals surface area contributed by atoms with Gasteiger partial charge in [-0.3, -0.25) is 4.79 Å². The highest BCUT2D eigenvalue weighted by molar-refractivity contribution is 6.21. The summed E-state index contributed by atoms with van der Waals surface area (Å²) in [4.78, 5) is 31.6. The van der Waals surface area contributed by atoms with Gasteiger partial charge in [-0.25, -0.2) is 19.1 Å². The molecule has 2 fully saturated rings. The van der Waals surface area contributed by atoms with Gasteiger partial charge < -0.3 is 4.90 Å². The Bertz CT molecular complexity index is 578. The van der Waals surface area contributed by atoms with Gasteiger partial charge in [0.25, 0.3) is 5.91 Å². The molecule has 2 aliphatic heterocycles. The highest BCUT2D eigenvalue weighted by atomic mass is 19.1. The van der Waals surface area contributed by atoms with Gasteiger partial charge in [0.2, 0.25) is 0 Å². The quantitative estimate of drug-likeness (QED) is 0.739. The van der Waals surface area contributed by atoms with E-state index in [0.29, 0.717) is 18.5 Å². The molecule has 1 atom stereocenters. The van der Waals surface area contributed by atoms with Crippen molar-refractivity contribution in [3.63, 3.8) is 0 Å². The van der Waals surface area contributed by atoms with Crippen LogP contribution in [-0.4, -0.2) is 34.4 Å². The van der Waals surface area contributed by atoms with Crippen molar-refractivity contribution >= 4 is 17.8 Å². The first-order valence-electron chi connectivity index (χ1n) is 6.79. The number of anilines is 1. The van der Waals surface area contributed by atoms with Crippen molar-refractivity contribution in [3.8, 4) is 0 Å². The van der Waals surface area contributed by atoms with Crippen LogP contribution in [0.15, 0.2) is 6.07 Å². The number of hydrogen-bond donors (Lipinski definition) is 0. The Morgan fingerprint density at radius 3 is 2.75 bits per heavy atom. The van der Waals surface area contributed by atoms with Gasteiger partial charge in [0.05, 0.1) is 5.69 Å². The number of hydrogen-bond acceptors (Lipinski definition) is 3. The maximum Gasteiger partial charge on any atom is 0.333 e. The van der Waals surface area contributed by atoms with Crippen LogP contribution in [0.5, 0.6) is 0 Å². The van der Waals surface area contributed by atoms with Crippen LogP contribution in [0.1, 0.15) is 30.5 Å². The number of aryl methyl sites for hydroxylation is 2. The number of carbonyl (C=O) groups excluding carboxylic acids is 2. The molecule has 2 saturated heterocycles. The van der Waals surface area contributed by atoms with E-state index in [-0.39, 0.29) is 29.5 Å². The molecule has 1 aromatic heterocycles. The van der Waals surface area contributed by atoms with Crippen LogP contribution in [-0.2, 0) is 4.79 Å². The van der Waals surface area contributed by atoms with Gasteiger partial charge in [0, 0.05) is 6.54 Å². The Morgan fingerprint density at radius 2 is 2.05 bits per heavy atom. The maximum atomic E-state index is 13.5. The Labute approximate surface area is 116 Å². The maximum absolute atomic E-state index is 13.5. The summed E-state index contributed by atoms with van der Waals surface area (Å²) in [6.45, 7) is 3.78. The van der Waals surface area contributed by atoms with E-state index in [2.05, 4.69) is 4.98 Å². The third-order valence-electron chi connectivity index (χ3n) is 3.97. The average Bonchev–Trinajstić information content (AvgIpc) is 2.68. The molecule has 0 saturated carbocycles. The number of pyridine rings is 1. The first-order valence-corrected chi connectivity index (χ1v) is 6.79. The normalized spacial score (nSPS) is 22.4. The number of rotatable bonds is 1. The molecule has 0 aromatic carbocycles. The zero-order valence-corrected chi connectivity index (χ0v) is 11.5. The fraction of sp³-hybridized carbons (Fsp3) is 0.500. The number of fused-ring (bicyclic) bond motifs is 1. The lowest BCUT2D eigenvalue weighted by Crippen LogP contribution is -2.39. The van der Waals surface area contributed by atoms with E-state index in [0.717, 1.165) is 17.7 Å². The van der Waals surface area contributed by atoms with Crippen molar-refractivity contribution in [2.75, 3.05) is 11.4 Å². The van der Waals surface area contributed by atoms with Gasteiger partial charge in [-0.15, -0.1) is 0 Å². The topological polar surface area (TPSA) is 53.5 Å². The molecule has 1 unspecified atom stereocenters. The second kappa shape index (κ2) is 4.54. The molecule has 1 aromatic rings. The average molecular weight is 277 g/mol. The van der Waals surface area contributed by atoms with Crippen LogP contribution in [0, 0.1) is 19.7 Å². The van der Waals surface area contributed by atoms with Gasteiger partial charge in [-0.1, -0.05) is 0 Å². The minimum absolute atomic E-state index is 0.191. The lowest BCUT2D eigenvalue weighted by Gasteiger charge is -2.25. The first-order chi connectivity index (χ1) is 9.50. The number of halogens is 1. The number of aromatic nitrogens is 1. The summed E-state index contributed by atoms with van der Waals surface area (Å²) in [6, 6.07) is 0.610. The number of piperidine rings is 1. The van der Waals surface area contributed by atoms with E-state index in [9.17, 15) is 14.0 Å². The Kier molecular flexibility index (Phi) is 2.96. The summed E-state index contributed by atoms with van der Waals surface area (Å²) >= 11 is 0. The molecule has 0 radical (unpaired) electrons. The number of amides is 3. The summed E-state index contributed by atoms with van der Waals surface area (Å²) in [5.74, 6) is -0.410. The monoisotopic (exact) mass is 277 g/mol. The van der Waals surface area contributed by atoms with Gasteiger partial charge in [0.15, 0.2) is 0 Å². The van der Waals surface area contributed by atoms with E-state index < -0.39 is 5.82 Å². The van der Waals surface area contributed by atoms with E-state index in [4.69, 9.17) is 0 Å². The highest BCUT2D eigenvalue weighted by Crippen LogP contribution is 2.31. The molecule has 0 spiro atoms. The Hall–Kier alpha value is -1.98. The van der Waals surface area contributed by atoms with Crippen LogP contribution < -0.4 is 4.90 Å². The predicted octanol–water partition coefficient (Wildman–Crippen LogP) is 2.16. The number of carbonyl (C=O) groups is 2. The minimum atomic E-state index is -0.428. The predicted molar refractivity (Wildman–Crippen MR) is 70.9 cm³/mol. The third-order valence-corrected chi connectivity index (χ3v) is 3.97. The van der Waals surface area contributed by atoms with Crippen molar-refractivity contribution < 1.29 is 14.0 Å². The Balaban J connectivity index is 2.04. The molecule has 2 aliphatic rings. The van der Waals surface area contributed by atoms with Crippen molar-refractivity contribution in [3.05, 3.63) is 23.1 Å². The summed E-state index contributed by atoms with van der Waals surface area (Å²) in [7, 11) is 0. The lowest BCUT2D eigenvalue weighted by molar-refractivity contribution is -0.120. The SMILES string of the molecule is Cc1cc(F)c(C)nc1N1C(=O)C2CCCCN2C1=O. The summed E-state index contributed by atoms with van der Waals surface area (Å²) < 4.78 is 13.5. The molecule has 6 heteroatoms. The van der Waals surface area contributed by atoms with E-state index in [1.807, 2.05) is 0 Å². The molecule has 0 bridgehead atoms. The van der Waals surface area contributed by atoms with Crippen molar-refractivity contribution in [1.82, 2.24) is 9.88 Å². The standard InChI is InChI=1S/C14H16FN3O2/c1-8-7-10(15)9(2)16-12(8)18-13(19)11-5-3-4-6-17(11)14(18)20/h7,11H,3-6H2,1-2H3. The number of urea groups is 1. The van der Waals surface area contributed by atoms with Crippen LogP contribution in [0.25, 0.3) is 0 Å². The first kappa shape index (κ1) is 13.0. The van der Waals surface area contributed by atoms with Crippen LogP contribution in [0.3, 0.4) is 0 Å². The fourth-order valence-corrected chi connectivity index (χ4v) is 2.87. The largest absolute Gasteiger partial charge is 0.333 e. The second-order valence-electron chi connectivity index (χ2n) is 5.36. The van der Waals surface area contributed by atoms with Crippen LogP contribution in [0.2, 0.25) is 0 Å². The highest BCUT2D eigenvalue weighted by Gasteiger charge is 2.47. The van der Waals surface area contributed by atoms with Crippen LogP contribution in [0.4, 0.5) is 15.0 Å². The molecule has 20 heavy (non-hydrogen) atoms. The Morgan fingerprint density at radius 1 is 1.30 bits per heavy atom. The molecular formula is C14H16FN3O2. The lowest BCUT2D eigenvalue weighted by atomic mass is 10.0. The van der Waals surface area contributed by atoms with E-state index in [1.165, 1.54) is 13.0 Å². The number of imide groups is 1. The van der Waals surface area contributed by atoms with Gasteiger partial charge in [-0.2, -0.15) is 0 Å². The van der Waals surface area contributed by atoms with Gasteiger partial charge in [0.1, 0.15) is 17.7 Å². The molecule has 0 N–H and O–H groups in total. The van der Waals surface area contributed by atoms with Crippen LogP contribution >= 0.6 is 0 Å². The number of nitrogens with zero attached hydrogens (tertiary/aromatic N) is 3. The van der Waals surface area contributed by atoms with Crippen molar-refractivity contribution in [2.24, 2.45) is 0 Å². The van der Waals surface area contributed by atoms with E-state index >= 15 is 0 Å². The van der Waals surface area contributed by atoms with Gasteiger partial charge >= 0.3 is 6.03 Å². The summed E-state index contributed by atoms with van der Waals surface area (Å²) in [5.41, 5.74) is 0.686. The van der Waals surface area contributed by atoms with Crippen molar-refractivity contribution in [1.29, 1.82) is 0 Å². The molecule has 5 nitrogen and oxygen atoms in total. The molecular weight excluding hydrogens is 261 g/mol. The van der Waals surface area contributed by atoms with Crippen molar-refractivity contribution in [2.45, 2.75) is 39.2 Å². The van der Waals surface area contributed by atoms with Gasteiger partial charge in [-0.05, 0) is 44.7 Å². The molecule has 0 aliphatic carbocycles. The molecule has 3 amide bonds. The smallest absolute Gasteiger partial charge is 0.312 e. The van der Waals surface area contributed by atoms with E-state index in [1.54, 1.807) is 11.8 Å². The molecule has 106 valence electrons. The fourth-order valence-electron chi connectivity index (χ4n) is 2.87.